The molecule has 1 aromatic carbocycles. The van der Waals surface area contributed by atoms with Crippen molar-refractivity contribution in [2.75, 3.05) is 12.9 Å². The summed E-state index contributed by atoms with van der Waals surface area (Å²) in [6.07, 6.45) is 1.62. The van der Waals surface area contributed by atoms with Gasteiger partial charge < -0.3 is 14.6 Å². The number of sulfone groups is 1. The predicted molar refractivity (Wildman–Crippen MR) is 74.6 cm³/mol. The molecule has 0 bridgehead atoms. The molecule has 0 heterocycles. The Hall–Kier alpha value is -1.11. The highest BCUT2D eigenvalue weighted by Gasteiger charge is 2.42. The Bertz CT molecular complexity index is 537. The molecule has 112 valence electrons. The van der Waals surface area contributed by atoms with Crippen LogP contribution in [0.4, 0.5) is 0 Å². The van der Waals surface area contributed by atoms with E-state index in [-0.39, 0.29) is 17.1 Å². The van der Waals surface area contributed by atoms with Crippen LogP contribution in [0.25, 0.3) is 0 Å². The third-order valence-corrected chi connectivity index (χ3v) is 4.40. The van der Waals surface area contributed by atoms with Crippen LogP contribution >= 0.6 is 0 Å². The molecule has 3 atom stereocenters. The SMILES string of the molecule is CCCOC1C(O)CC1Oc1ccc(S(C)(=O)=O)cc1. The molecule has 0 aliphatic heterocycles. The standard InChI is InChI=1S/C14H20O5S/c1-3-8-18-14-12(15)9-13(14)19-10-4-6-11(7-5-10)20(2,16)17/h4-7,12-15H,3,8-9H2,1-2H3. The molecule has 1 saturated carbocycles. The van der Waals surface area contributed by atoms with Crippen molar-refractivity contribution >= 4 is 9.84 Å². The second-order valence-electron chi connectivity index (χ2n) is 5.04. The molecule has 6 heteroatoms. The summed E-state index contributed by atoms with van der Waals surface area (Å²) in [5, 5.41) is 9.65. The van der Waals surface area contributed by atoms with Gasteiger partial charge in [-0.15, -0.1) is 0 Å². The second-order valence-corrected chi connectivity index (χ2v) is 7.05. The summed E-state index contributed by atoms with van der Waals surface area (Å²) in [5.41, 5.74) is 0. The molecule has 2 rings (SSSR count). The molecule has 20 heavy (non-hydrogen) atoms. The zero-order valence-corrected chi connectivity index (χ0v) is 12.5. The number of ether oxygens (including phenoxy) is 2. The number of aliphatic hydroxyl groups excluding tert-OH is 1. The Labute approximate surface area is 119 Å². The van der Waals surface area contributed by atoms with Gasteiger partial charge in [0.05, 0.1) is 11.0 Å². The molecule has 1 aliphatic carbocycles. The third kappa shape index (κ3) is 3.50. The molecule has 1 aliphatic rings. The smallest absolute Gasteiger partial charge is 0.175 e. The highest BCUT2D eigenvalue weighted by atomic mass is 32.2. The van der Waals surface area contributed by atoms with E-state index >= 15 is 0 Å². The summed E-state index contributed by atoms with van der Waals surface area (Å²) in [5.74, 6) is 0.583. The van der Waals surface area contributed by atoms with Crippen molar-refractivity contribution in [3.05, 3.63) is 24.3 Å². The van der Waals surface area contributed by atoms with Crippen LogP contribution in [0.2, 0.25) is 0 Å². The highest BCUT2D eigenvalue weighted by Crippen LogP contribution is 2.29. The molecule has 0 spiro atoms. The van der Waals surface area contributed by atoms with Crippen molar-refractivity contribution in [1.29, 1.82) is 0 Å². The summed E-state index contributed by atoms with van der Waals surface area (Å²) >= 11 is 0. The van der Waals surface area contributed by atoms with Gasteiger partial charge in [-0.1, -0.05) is 6.92 Å². The summed E-state index contributed by atoms with van der Waals surface area (Å²) < 4.78 is 34.0. The molecule has 5 nitrogen and oxygen atoms in total. The van der Waals surface area contributed by atoms with Gasteiger partial charge in [-0.25, -0.2) is 8.42 Å². The van der Waals surface area contributed by atoms with Crippen molar-refractivity contribution in [2.45, 2.75) is 43.0 Å². The molecular weight excluding hydrogens is 280 g/mol. The monoisotopic (exact) mass is 300 g/mol. The van der Waals surface area contributed by atoms with Gasteiger partial charge in [0, 0.05) is 19.3 Å². The first kappa shape index (κ1) is 15.3. The van der Waals surface area contributed by atoms with Crippen LogP contribution in [-0.2, 0) is 14.6 Å². The fraction of sp³-hybridized carbons (Fsp3) is 0.571. The number of hydrogen-bond donors (Lipinski definition) is 1. The van der Waals surface area contributed by atoms with Gasteiger partial charge in [0.2, 0.25) is 0 Å². The maximum Gasteiger partial charge on any atom is 0.175 e. The van der Waals surface area contributed by atoms with Crippen LogP contribution < -0.4 is 4.74 Å². The Balaban J connectivity index is 1.97. The maximum absolute atomic E-state index is 11.4. The largest absolute Gasteiger partial charge is 0.488 e. The van der Waals surface area contributed by atoms with Crippen LogP contribution in [0.3, 0.4) is 0 Å². The Morgan fingerprint density at radius 1 is 1.30 bits per heavy atom. The molecule has 1 fully saturated rings. The fourth-order valence-electron chi connectivity index (χ4n) is 2.09. The molecule has 0 saturated heterocycles. The zero-order valence-electron chi connectivity index (χ0n) is 11.7. The summed E-state index contributed by atoms with van der Waals surface area (Å²) in [4.78, 5) is 0.261. The average Bonchev–Trinajstić information content (AvgIpc) is 2.38. The lowest BCUT2D eigenvalue weighted by molar-refractivity contribution is -0.162. The van der Waals surface area contributed by atoms with Gasteiger partial charge >= 0.3 is 0 Å². The van der Waals surface area contributed by atoms with Gasteiger partial charge in [0.1, 0.15) is 18.0 Å². The molecular formula is C14H20O5S. The molecule has 1 N–H and O–H groups in total. The van der Waals surface area contributed by atoms with E-state index in [1.54, 1.807) is 12.1 Å². The van der Waals surface area contributed by atoms with E-state index in [1.807, 2.05) is 6.92 Å². The van der Waals surface area contributed by atoms with E-state index in [0.29, 0.717) is 18.8 Å². The van der Waals surface area contributed by atoms with E-state index < -0.39 is 15.9 Å². The lowest BCUT2D eigenvalue weighted by atomic mass is 9.88. The van der Waals surface area contributed by atoms with Gasteiger partial charge in [-0.05, 0) is 30.7 Å². The van der Waals surface area contributed by atoms with Crippen LogP contribution in [0.15, 0.2) is 29.2 Å². The Morgan fingerprint density at radius 2 is 1.95 bits per heavy atom. The van der Waals surface area contributed by atoms with Crippen LogP contribution in [0.5, 0.6) is 5.75 Å². The number of aliphatic hydroxyl groups is 1. The Kier molecular flexibility index (Phi) is 4.67. The normalized spacial score (nSPS) is 26.1. The topological polar surface area (TPSA) is 72.8 Å². The van der Waals surface area contributed by atoms with E-state index in [1.165, 1.54) is 18.4 Å². The van der Waals surface area contributed by atoms with Gasteiger partial charge in [0.15, 0.2) is 9.84 Å². The number of hydrogen-bond acceptors (Lipinski definition) is 5. The Morgan fingerprint density at radius 3 is 2.45 bits per heavy atom. The lowest BCUT2D eigenvalue weighted by Gasteiger charge is -2.40. The summed E-state index contributed by atoms with van der Waals surface area (Å²) in [6, 6.07) is 6.28. The number of benzene rings is 1. The molecule has 1 aromatic rings. The zero-order chi connectivity index (χ0) is 14.8. The number of rotatable bonds is 6. The first-order chi connectivity index (χ1) is 9.41. The van der Waals surface area contributed by atoms with Crippen molar-refractivity contribution in [2.24, 2.45) is 0 Å². The quantitative estimate of drug-likeness (QED) is 0.859. The maximum atomic E-state index is 11.4. The van der Waals surface area contributed by atoms with Crippen molar-refractivity contribution in [1.82, 2.24) is 0 Å². The van der Waals surface area contributed by atoms with E-state index in [9.17, 15) is 13.5 Å². The van der Waals surface area contributed by atoms with Crippen molar-refractivity contribution in [3.8, 4) is 5.75 Å². The van der Waals surface area contributed by atoms with E-state index in [0.717, 1.165) is 6.42 Å². The minimum Gasteiger partial charge on any atom is -0.488 e. The summed E-state index contributed by atoms with van der Waals surface area (Å²) in [6.45, 7) is 2.60. The lowest BCUT2D eigenvalue weighted by Crippen LogP contribution is -2.55. The van der Waals surface area contributed by atoms with Crippen molar-refractivity contribution in [3.63, 3.8) is 0 Å². The van der Waals surface area contributed by atoms with Crippen molar-refractivity contribution < 1.29 is 23.0 Å². The van der Waals surface area contributed by atoms with E-state index in [2.05, 4.69) is 0 Å². The fourth-order valence-corrected chi connectivity index (χ4v) is 2.72. The second kappa shape index (κ2) is 6.11. The van der Waals surface area contributed by atoms with Gasteiger partial charge in [0.25, 0.3) is 0 Å². The van der Waals surface area contributed by atoms with Gasteiger partial charge in [-0.3, -0.25) is 0 Å². The van der Waals surface area contributed by atoms with Crippen LogP contribution in [0.1, 0.15) is 19.8 Å². The third-order valence-electron chi connectivity index (χ3n) is 3.27. The molecule has 0 amide bonds. The van der Waals surface area contributed by atoms with Crippen LogP contribution in [0, 0.1) is 0 Å². The summed E-state index contributed by atoms with van der Waals surface area (Å²) in [7, 11) is -3.19. The average molecular weight is 300 g/mol. The predicted octanol–water partition coefficient (Wildman–Crippen LogP) is 1.40. The van der Waals surface area contributed by atoms with Gasteiger partial charge in [-0.2, -0.15) is 0 Å². The molecule has 0 radical (unpaired) electrons. The van der Waals surface area contributed by atoms with E-state index in [4.69, 9.17) is 9.47 Å². The highest BCUT2D eigenvalue weighted by molar-refractivity contribution is 7.90. The first-order valence-electron chi connectivity index (χ1n) is 6.68. The first-order valence-corrected chi connectivity index (χ1v) is 8.57. The van der Waals surface area contributed by atoms with Crippen LogP contribution in [-0.4, -0.2) is 44.7 Å². The minimum absolute atomic E-state index is 0.180. The molecule has 3 unspecified atom stereocenters. The minimum atomic E-state index is -3.19. The molecule has 0 aromatic heterocycles.